The summed E-state index contributed by atoms with van der Waals surface area (Å²) in [5.74, 6) is 5.79. The lowest BCUT2D eigenvalue weighted by molar-refractivity contribution is 1.03. The maximum Gasteiger partial charge on any atom is 0.0693 e. The van der Waals surface area contributed by atoms with Gasteiger partial charge in [0.15, 0.2) is 0 Å². The number of rotatable bonds is 1. The van der Waals surface area contributed by atoms with Gasteiger partial charge in [-0.05, 0) is 12.1 Å². The highest BCUT2D eigenvalue weighted by Crippen LogP contribution is 2.28. The molecule has 0 heterocycles. The van der Waals surface area contributed by atoms with Crippen molar-refractivity contribution in [3.05, 3.63) is 27.7 Å². The molecule has 74 valence electrons. The van der Waals surface area contributed by atoms with E-state index in [0.717, 1.165) is 5.56 Å². The Kier molecular flexibility index (Phi) is 4.09. The molecule has 4 heteroatoms. The van der Waals surface area contributed by atoms with Crippen LogP contribution in [0.3, 0.4) is 0 Å². The van der Waals surface area contributed by atoms with Crippen LogP contribution in [0.25, 0.3) is 0 Å². The van der Waals surface area contributed by atoms with Gasteiger partial charge in [-0.1, -0.05) is 35.0 Å². The van der Waals surface area contributed by atoms with Gasteiger partial charge < -0.3 is 11.5 Å². The molecule has 1 aromatic carbocycles. The van der Waals surface area contributed by atoms with Crippen LogP contribution in [0.15, 0.2) is 12.1 Å². The van der Waals surface area contributed by atoms with E-state index in [1.807, 2.05) is 0 Å². The molecule has 14 heavy (non-hydrogen) atoms. The average Bonchev–Trinajstić information content (AvgIpc) is 2.14. The maximum atomic E-state index is 5.83. The number of nitrogen functional groups attached to an aromatic ring is 1. The molecule has 0 bridgehead atoms. The summed E-state index contributed by atoms with van der Waals surface area (Å²) in [6, 6.07) is 3.37. The van der Waals surface area contributed by atoms with Gasteiger partial charge in [-0.25, -0.2) is 0 Å². The van der Waals surface area contributed by atoms with E-state index in [-0.39, 0.29) is 0 Å². The molecule has 0 amide bonds. The number of anilines is 1. The SMILES string of the molecule is NCCC#Cc1cc(Cl)c(N)c(Cl)c1. The second-order valence-electron chi connectivity index (χ2n) is 2.69. The van der Waals surface area contributed by atoms with E-state index in [9.17, 15) is 0 Å². The molecule has 0 fully saturated rings. The van der Waals surface area contributed by atoms with Crippen LogP contribution in [0.1, 0.15) is 12.0 Å². The third kappa shape index (κ3) is 2.81. The summed E-state index contributed by atoms with van der Waals surface area (Å²) in [5.41, 5.74) is 12.0. The summed E-state index contributed by atoms with van der Waals surface area (Å²) in [6.45, 7) is 0.545. The number of halogens is 2. The van der Waals surface area contributed by atoms with E-state index in [2.05, 4.69) is 11.8 Å². The maximum absolute atomic E-state index is 5.83. The Balaban J connectivity index is 2.97. The summed E-state index contributed by atoms with van der Waals surface area (Å²) in [6.07, 6.45) is 0.652. The van der Waals surface area contributed by atoms with E-state index in [1.54, 1.807) is 12.1 Å². The monoisotopic (exact) mass is 228 g/mol. The minimum absolute atomic E-state index is 0.387. The zero-order valence-electron chi connectivity index (χ0n) is 7.48. The summed E-state index contributed by atoms with van der Waals surface area (Å²) < 4.78 is 0. The molecule has 0 aromatic heterocycles. The summed E-state index contributed by atoms with van der Waals surface area (Å²) in [5, 5.41) is 0.851. The molecule has 0 unspecified atom stereocenters. The van der Waals surface area contributed by atoms with E-state index >= 15 is 0 Å². The molecule has 0 saturated heterocycles. The molecule has 0 spiro atoms. The van der Waals surface area contributed by atoms with Gasteiger partial charge in [-0.2, -0.15) is 0 Å². The Hall–Kier alpha value is -0.880. The van der Waals surface area contributed by atoms with Crippen LogP contribution in [-0.4, -0.2) is 6.54 Å². The Labute approximate surface area is 93.2 Å². The van der Waals surface area contributed by atoms with Crippen LogP contribution in [0, 0.1) is 11.8 Å². The summed E-state index contributed by atoms with van der Waals surface area (Å²) >= 11 is 11.7. The van der Waals surface area contributed by atoms with Gasteiger partial charge in [-0.3, -0.25) is 0 Å². The number of hydrogen-bond acceptors (Lipinski definition) is 2. The standard InChI is InChI=1S/C10H10Cl2N2/c11-8-5-7(3-1-2-4-13)6-9(12)10(8)14/h5-6H,2,4,13-14H2. The number of benzene rings is 1. The van der Waals surface area contributed by atoms with Crippen molar-refractivity contribution < 1.29 is 0 Å². The van der Waals surface area contributed by atoms with Gasteiger partial charge in [0.1, 0.15) is 0 Å². The van der Waals surface area contributed by atoms with Crippen LogP contribution in [0.5, 0.6) is 0 Å². The quantitative estimate of drug-likeness (QED) is 0.573. The van der Waals surface area contributed by atoms with Crippen molar-refractivity contribution in [2.24, 2.45) is 5.73 Å². The zero-order chi connectivity index (χ0) is 10.6. The van der Waals surface area contributed by atoms with Crippen molar-refractivity contribution in [1.29, 1.82) is 0 Å². The number of hydrogen-bond donors (Lipinski definition) is 2. The molecule has 1 aromatic rings. The molecule has 0 aliphatic rings. The van der Waals surface area contributed by atoms with Gasteiger partial charge in [0.05, 0.1) is 15.7 Å². The first-order valence-corrected chi connectivity index (χ1v) is 4.84. The van der Waals surface area contributed by atoms with E-state index in [4.69, 9.17) is 34.7 Å². The van der Waals surface area contributed by atoms with Crippen molar-refractivity contribution in [3.63, 3.8) is 0 Å². The molecule has 0 atom stereocenters. The van der Waals surface area contributed by atoms with Crippen LogP contribution in [0.2, 0.25) is 10.0 Å². The molecule has 0 aliphatic carbocycles. The lowest BCUT2D eigenvalue weighted by Crippen LogP contribution is -1.95. The molecule has 1 rings (SSSR count). The molecule has 2 nitrogen and oxygen atoms in total. The largest absolute Gasteiger partial charge is 0.396 e. The van der Waals surface area contributed by atoms with Crippen molar-refractivity contribution in [3.8, 4) is 11.8 Å². The Bertz CT molecular complexity index is 368. The summed E-state index contributed by atoms with van der Waals surface area (Å²) in [7, 11) is 0. The van der Waals surface area contributed by atoms with E-state index < -0.39 is 0 Å². The number of nitrogens with two attached hydrogens (primary N) is 2. The van der Waals surface area contributed by atoms with Crippen LogP contribution in [-0.2, 0) is 0 Å². The van der Waals surface area contributed by atoms with Crippen LogP contribution in [0.4, 0.5) is 5.69 Å². The molecule has 0 saturated carbocycles. The molecular weight excluding hydrogens is 219 g/mol. The third-order valence-corrected chi connectivity index (χ3v) is 2.21. The van der Waals surface area contributed by atoms with Crippen molar-refractivity contribution in [2.75, 3.05) is 12.3 Å². The molecular formula is C10H10Cl2N2. The van der Waals surface area contributed by atoms with Gasteiger partial charge in [0.25, 0.3) is 0 Å². The smallest absolute Gasteiger partial charge is 0.0693 e. The second-order valence-corrected chi connectivity index (χ2v) is 3.51. The lowest BCUT2D eigenvalue weighted by Gasteiger charge is -2.01. The fourth-order valence-electron chi connectivity index (χ4n) is 0.893. The van der Waals surface area contributed by atoms with Gasteiger partial charge in [-0.15, -0.1) is 0 Å². The van der Waals surface area contributed by atoms with Gasteiger partial charge in [0, 0.05) is 18.5 Å². The fraction of sp³-hybridized carbons (Fsp3) is 0.200. The normalized spacial score (nSPS) is 9.36. The highest BCUT2D eigenvalue weighted by atomic mass is 35.5. The average molecular weight is 229 g/mol. The van der Waals surface area contributed by atoms with Crippen LogP contribution >= 0.6 is 23.2 Å². The Morgan fingerprint density at radius 3 is 2.29 bits per heavy atom. The Morgan fingerprint density at radius 2 is 1.79 bits per heavy atom. The molecule has 0 aliphatic heterocycles. The van der Waals surface area contributed by atoms with Gasteiger partial charge >= 0.3 is 0 Å². The Morgan fingerprint density at radius 1 is 1.21 bits per heavy atom. The fourth-order valence-corrected chi connectivity index (χ4v) is 1.38. The minimum Gasteiger partial charge on any atom is -0.396 e. The zero-order valence-corrected chi connectivity index (χ0v) is 8.99. The van der Waals surface area contributed by atoms with Crippen molar-refractivity contribution in [2.45, 2.75) is 6.42 Å². The predicted molar refractivity (Wildman–Crippen MR) is 61.4 cm³/mol. The highest BCUT2D eigenvalue weighted by Gasteiger charge is 2.02. The first-order chi connectivity index (χ1) is 6.65. The van der Waals surface area contributed by atoms with Crippen molar-refractivity contribution >= 4 is 28.9 Å². The second kappa shape index (κ2) is 5.11. The topological polar surface area (TPSA) is 52.0 Å². The predicted octanol–water partition coefficient (Wildman–Crippen LogP) is 2.28. The molecule has 4 N–H and O–H groups in total. The minimum atomic E-state index is 0.387. The van der Waals surface area contributed by atoms with E-state index in [1.165, 1.54) is 0 Å². The van der Waals surface area contributed by atoms with Crippen molar-refractivity contribution in [1.82, 2.24) is 0 Å². The first kappa shape index (κ1) is 11.2. The third-order valence-electron chi connectivity index (χ3n) is 1.58. The van der Waals surface area contributed by atoms with E-state index in [0.29, 0.717) is 28.7 Å². The summed E-state index contributed by atoms with van der Waals surface area (Å²) in [4.78, 5) is 0. The van der Waals surface area contributed by atoms with Crippen LogP contribution < -0.4 is 11.5 Å². The highest BCUT2D eigenvalue weighted by molar-refractivity contribution is 6.39. The first-order valence-electron chi connectivity index (χ1n) is 4.08. The lowest BCUT2D eigenvalue weighted by atomic mass is 10.2. The van der Waals surface area contributed by atoms with Gasteiger partial charge in [0.2, 0.25) is 0 Å². The molecule has 0 radical (unpaired) electrons.